The minimum absolute atomic E-state index is 0.236. The van der Waals surface area contributed by atoms with Gasteiger partial charge in [-0.1, -0.05) is 18.2 Å². The van der Waals surface area contributed by atoms with Crippen LogP contribution in [0.3, 0.4) is 0 Å². The molecule has 1 N–H and O–H groups in total. The van der Waals surface area contributed by atoms with E-state index in [1.807, 2.05) is 65.0 Å². The summed E-state index contributed by atoms with van der Waals surface area (Å²) in [6, 6.07) is 13.0. The molecular formula is C29H37N3O6. The monoisotopic (exact) mass is 523 g/mol. The van der Waals surface area contributed by atoms with Gasteiger partial charge in [0.2, 0.25) is 0 Å². The molecule has 0 spiro atoms. The molecule has 1 atom stereocenters. The van der Waals surface area contributed by atoms with Gasteiger partial charge in [0.25, 0.3) is 5.91 Å². The molecule has 0 saturated heterocycles. The number of para-hydroxylation sites is 2. The Morgan fingerprint density at radius 3 is 2.47 bits per heavy atom. The lowest BCUT2D eigenvalue weighted by atomic mass is 9.98. The predicted octanol–water partition coefficient (Wildman–Crippen LogP) is 4.09. The lowest BCUT2D eigenvalue weighted by Crippen LogP contribution is -2.45. The normalized spacial score (nSPS) is 13.3. The van der Waals surface area contributed by atoms with E-state index in [9.17, 15) is 20.0 Å². The van der Waals surface area contributed by atoms with Crippen LogP contribution in [-0.4, -0.2) is 66.6 Å². The molecule has 0 bridgehead atoms. The molecule has 204 valence electrons. The van der Waals surface area contributed by atoms with Gasteiger partial charge >= 0.3 is 6.09 Å². The smallest absolute Gasteiger partial charge is 0.410 e. The Morgan fingerprint density at radius 2 is 1.87 bits per heavy atom. The standard InChI is InChI=1S/C29H37N3O6/c1-6-36-24-9-7-8-10-25(24)37-14-13-31(28(35)38-29(3,4)5)20(2)15-21-16-22-11-12-32(26(34)19-33)27(22)23(17-21)18-30/h7-10,16-17,20,33H,6,11-15,19H2,1-5H3. The van der Waals surface area contributed by atoms with E-state index in [0.29, 0.717) is 48.7 Å². The second kappa shape index (κ2) is 12.7. The molecule has 1 unspecified atom stereocenters. The van der Waals surface area contributed by atoms with E-state index in [1.54, 1.807) is 11.0 Å². The van der Waals surface area contributed by atoms with Gasteiger partial charge in [0, 0.05) is 12.6 Å². The first-order chi connectivity index (χ1) is 18.1. The van der Waals surface area contributed by atoms with E-state index in [2.05, 4.69) is 6.07 Å². The van der Waals surface area contributed by atoms with Gasteiger partial charge in [0.05, 0.1) is 24.4 Å². The average Bonchev–Trinajstić information content (AvgIpc) is 3.29. The first-order valence-corrected chi connectivity index (χ1v) is 12.9. The fourth-order valence-electron chi connectivity index (χ4n) is 4.51. The molecule has 2 aromatic rings. The van der Waals surface area contributed by atoms with Gasteiger partial charge in [-0.15, -0.1) is 0 Å². The topological polar surface area (TPSA) is 112 Å². The number of hydrogen-bond donors (Lipinski definition) is 1. The van der Waals surface area contributed by atoms with Crippen LogP contribution in [0.4, 0.5) is 10.5 Å². The summed E-state index contributed by atoms with van der Waals surface area (Å²) in [7, 11) is 0. The summed E-state index contributed by atoms with van der Waals surface area (Å²) in [6.45, 7) is 10.1. The van der Waals surface area contributed by atoms with Crippen molar-refractivity contribution in [3.05, 3.63) is 53.1 Å². The molecule has 0 aliphatic carbocycles. The van der Waals surface area contributed by atoms with Gasteiger partial charge in [0.15, 0.2) is 11.5 Å². The maximum Gasteiger partial charge on any atom is 0.410 e. The molecule has 1 heterocycles. The van der Waals surface area contributed by atoms with Gasteiger partial charge in [-0.05, 0) is 76.8 Å². The number of ether oxygens (including phenoxy) is 3. The zero-order valence-corrected chi connectivity index (χ0v) is 22.8. The zero-order chi connectivity index (χ0) is 27.9. The Kier molecular flexibility index (Phi) is 9.59. The average molecular weight is 524 g/mol. The molecule has 1 aliphatic rings. The number of anilines is 1. The molecule has 1 aliphatic heterocycles. The third-order valence-corrected chi connectivity index (χ3v) is 6.11. The number of nitriles is 1. The number of carbonyl (C=O) groups is 2. The van der Waals surface area contributed by atoms with E-state index >= 15 is 0 Å². The summed E-state index contributed by atoms with van der Waals surface area (Å²) in [5.74, 6) is 0.816. The van der Waals surface area contributed by atoms with Gasteiger partial charge in [-0.2, -0.15) is 5.26 Å². The Balaban J connectivity index is 1.79. The number of carbonyl (C=O) groups excluding carboxylic acids is 2. The summed E-state index contributed by atoms with van der Waals surface area (Å²) in [5.41, 5.74) is 2.04. The number of benzene rings is 2. The highest BCUT2D eigenvalue weighted by Crippen LogP contribution is 2.33. The van der Waals surface area contributed by atoms with Crippen LogP contribution in [0.5, 0.6) is 11.5 Å². The van der Waals surface area contributed by atoms with Crippen LogP contribution < -0.4 is 14.4 Å². The molecule has 2 aromatic carbocycles. The van der Waals surface area contributed by atoms with Crippen LogP contribution in [0.2, 0.25) is 0 Å². The van der Waals surface area contributed by atoms with Crippen molar-refractivity contribution in [2.75, 3.05) is 37.8 Å². The van der Waals surface area contributed by atoms with E-state index < -0.39 is 24.2 Å². The molecule has 3 rings (SSSR count). The van der Waals surface area contributed by atoms with Crippen molar-refractivity contribution in [3.8, 4) is 17.6 Å². The van der Waals surface area contributed by atoms with Crippen molar-refractivity contribution in [2.45, 2.75) is 59.1 Å². The largest absolute Gasteiger partial charge is 0.490 e. The van der Waals surface area contributed by atoms with Gasteiger partial charge in [-0.25, -0.2) is 4.79 Å². The van der Waals surface area contributed by atoms with Gasteiger partial charge in [-0.3, -0.25) is 4.79 Å². The van der Waals surface area contributed by atoms with E-state index in [0.717, 1.165) is 11.1 Å². The Morgan fingerprint density at radius 1 is 1.18 bits per heavy atom. The molecule has 0 aromatic heterocycles. The molecule has 38 heavy (non-hydrogen) atoms. The van der Waals surface area contributed by atoms with Gasteiger partial charge < -0.3 is 29.1 Å². The summed E-state index contributed by atoms with van der Waals surface area (Å²) in [5, 5.41) is 19.1. The fourth-order valence-corrected chi connectivity index (χ4v) is 4.51. The number of rotatable bonds is 10. The summed E-state index contributed by atoms with van der Waals surface area (Å²) >= 11 is 0. The number of nitrogens with zero attached hydrogens (tertiary/aromatic N) is 3. The lowest BCUT2D eigenvalue weighted by molar-refractivity contribution is -0.121. The predicted molar refractivity (Wildman–Crippen MR) is 144 cm³/mol. The fraction of sp³-hybridized carbons (Fsp3) is 0.483. The summed E-state index contributed by atoms with van der Waals surface area (Å²) < 4.78 is 17.3. The van der Waals surface area contributed by atoms with Crippen LogP contribution >= 0.6 is 0 Å². The van der Waals surface area contributed by atoms with Crippen molar-refractivity contribution < 1.29 is 28.9 Å². The van der Waals surface area contributed by atoms with E-state index in [1.165, 1.54) is 4.90 Å². The van der Waals surface area contributed by atoms with Crippen LogP contribution in [-0.2, 0) is 22.4 Å². The highest BCUT2D eigenvalue weighted by atomic mass is 16.6. The molecular weight excluding hydrogens is 486 g/mol. The maximum absolute atomic E-state index is 13.2. The second-order valence-corrected chi connectivity index (χ2v) is 10.2. The van der Waals surface area contributed by atoms with E-state index in [4.69, 9.17) is 14.2 Å². The van der Waals surface area contributed by atoms with Gasteiger partial charge in [0.1, 0.15) is 24.9 Å². The second-order valence-electron chi connectivity index (χ2n) is 10.2. The van der Waals surface area contributed by atoms with Crippen molar-refractivity contribution in [1.29, 1.82) is 5.26 Å². The number of aliphatic hydroxyl groups is 1. The van der Waals surface area contributed by atoms with E-state index in [-0.39, 0.29) is 19.2 Å². The van der Waals surface area contributed by atoms with Crippen LogP contribution in [0.15, 0.2) is 36.4 Å². The SMILES string of the molecule is CCOc1ccccc1OCCN(C(=O)OC(C)(C)C)C(C)Cc1cc(C#N)c2c(c1)CCN2C(=O)CO. The number of fused-ring (bicyclic) bond motifs is 1. The Bertz CT molecular complexity index is 1180. The van der Waals surface area contributed by atoms with Crippen LogP contribution in [0.1, 0.15) is 51.3 Å². The quantitative estimate of drug-likeness (QED) is 0.499. The lowest BCUT2D eigenvalue weighted by Gasteiger charge is -2.32. The molecule has 0 radical (unpaired) electrons. The first kappa shape index (κ1) is 28.8. The van der Waals surface area contributed by atoms with Crippen molar-refractivity contribution in [2.24, 2.45) is 0 Å². The number of amides is 2. The third-order valence-electron chi connectivity index (χ3n) is 6.11. The highest BCUT2D eigenvalue weighted by Gasteiger charge is 2.30. The summed E-state index contributed by atoms with van der Waals surface area (Å²) in [4.78, 5) is 28.4. The maximum atomic E-state index is 13.2. The molecule has 2 amide bonds. The number of aliphatic hydroxyl groups excluding tert-OH is 1. The van der Waals surface area contributed by atoms with Crippen molar-refractivity contribution in [3.63, 3.8) is 0 Å². The first-order valence-electron chi connectivity index (χ1n) is 12.9. The van der Waals surface area contributed by atoms with Crippen LogP contribution in [0, 0.1) is 11.3 Å². The van der Waals surface area contributed by atoms with Crippen molar-refractivity contribution in [1.82, 2.24) is 4.90 Å². The van der Waals surface area contributed by atoms with Crippen molar-refractivity contribution >= 4 is 17.7 Å². The Labute approximate surface area is 224 Å². The molecule has 9 heteroatoms. The molecule has 0 fully saturated rings. The summed E-state index contributed by atoms with van der Waals surface area (Å²) in [6.07, 6.45) is 0.624. The minimum atomic E-state index is -0.665. The molecule has 9 nitrogen and oxygen atoms in total. The highest BCUT2D eigenvalue weighted by molar-refractivity contribution is 5.97. The number of hydrogen-bond acceptors (Lipinski definition) is 7. The van der Waals surface area contributed by atoms with Crippen LogP contribution in [0.25, 0.3) is 0 Å². The third kappa shape index (κ3) is 7.17. The minimum Gasteiger partial charge on any atom is -0.490 e. The molecule has 0 saturated carbocycles. The Hall–Kier alpha value is -3.77. The zero-order valence-electron chi connectivity index (χ0n) is 22.8.